The Morgan fingerprint density at radius 3 is 2.08 bits per heavy atom. The van der Waals surface area contributed by atoms with Gasteiger partial charge in [0.1, 0.15) is 23.9 Å². The van der Waals surface area contributed by atoms with E-state index in [0.29, 0.717) is 19.3 Å². The molecule has 0 bridgehead atoms. The molecule has 296 valence electrons. The topological polar surface area (TPSA) is 141 Å². The summed E-state index contributed by atoms with van der Waals surface area (Å²) in [6, 6.07) is -0.898. The summed E-state index contributed by atoms with van der Waals surface area (Å²) in [5, 5.41) is 26.1. The van der Waals surface area contributed by atoms with Gasteiger partial charge in [0.2, 0.25) is 0 Å². The number of hydrogen-bond acceptors (Lipinski definition) is 9. The highest BCUT2D eigenvalue weighted by Gasteiger charge is 2.85. The van der Waals surface area contributed by atoms with Gasteiger partial charge in [0.15, 0.2) is 0 Å². The van der Waals surface area contributed by atoms with Crippen LogP contribution in [-0.2, 0) is 28.5 Å². The fourth-order valence-electron chi connectivity index (χ4n) is 13.8. The molecule has 5 aliphatic carbocycles. The van der Waals surface area contributed by atoms with Gasteiger partial charge in [0.05, 0.1) is 23.4 Å². The lowest BCUT2D eigenvalue weighted by molar-refractivity contribution is -0.218. The third kappa shape index (κ3) is 5.93. The van der Waals surface area contributed by atoms with Crippen molar-refractivity contribution in [3.8, 4) is 0 Å². The van der Waals surface area contributed by atoms with Gasteiger partial charge in [-0.15, -0.1) is 0 Å². The fourth-order valence-corrected chi connectivity index (χ4v) is 13.8. The standard InChI is InChI=1S/C42H69NO9/c1-23(2)30(43-34(47)52-35(4,5)6)33(46)50-26-21-39(12)27-20-25(45)31-36(7,8)28(49-24(3)44)15-17-42(31)22-41(27,42)19-18-38(39,11)32(26)40(13)16-14-29(51-40)37(9,10)48/h23,25-32,45,48H,14-22H2,1-13H3,(H,43,47)/t25-,26-,27?,28-,29-,30?,31-,32-,38+,39-,40+,41?,42?/m0/s1. The molecule has 1 aliphatic heterocycles. The van der Waals surface area contributed by atoms with Crippen molar-refractivity contribution < 1.29 is 43.5 Å². The zero-order valence-corrected chi connectivity index (χ0v) is 34.3. The van der Waals surface area contributed by atoms with Gasteiger partial charge < -0.3 is 34.5 Å². The van der Waals surface area contributed by atoms with Crippen molar-refractivity contribution in [1.29, 1.82) is 0 Å². The molecule has 1 heterocycles. The second-order valence-corrected chi connectivity index (χ2v) is 21.3. The number of ether oxygens (including phenoxy) is 4. The molecule has 6 fully saturated rings. The fraction of sp³-hybridized carbons (Fsp3) is 0.929. The zero-order valence-electron chi connectivity index (χ0n) is 34.3. The molecule has 2 spiro atoms. The van der Waals surface area contributed by atoms with Gasteiger partial charge in [-0.1, -0.05) is 41.5 Å². The van der Waals surface area contributed by atoms with Gasteiger partial charge in [0.25, 0.3) is 0 Å². The molecule has 0 aromatic heterocycles. The molecule has 52 heavy (non-hydrogen) atoms. The number of hydrogen-bond donors (Lipinski definition) is 3. The molecule has 1 saturated heterocycles. The molecule has 10 heteroatoms. The molecule has 0 radical (unpaired) electrons. The number of amides is 1. The van der Waals surface area contributed by atoms with Crippen LogP contribution in [0.25, 0.3) is 0 Å². The van der Waals surface area contributed by atoms with Crippen molar-refractivity contribution in [3.63, 3.8) is 0 Å². The van der Waals surface area contributed by atoms with Gasteiger partial charge in [-0.05, 0) is 139 Å². The monoisotopic (exact) mass is 731 g/mol. The summed E-state index contributed by atoms with van der Waals surface area (Å²) < 4.78 is 25.0. The molecule has 5 saturated carbocycles. The molecule has 4 unspecified atom stereocenters. The third-order valence-corrected chi connectivity index (χ3v) is 15.9. The molecule has 13 atom stereocenters. The van der Waals surface area contributed by atoms with Crippen LogP contribution in [0, 0.1) is 50.7 Å². The molecule has 10 nitrogen and oxygen atoms in total. The Morgan fingerprint density at radius 2 is 1.52 bits per heavy atom. The van der Waals surface area contributed by atoms with Gasteiger partial charge in [-0.3, -0.25) is 4.79 Å². The number of alkyl carbamates (subject to hydrolysis) is 1. The maximum Gasteiger partial charge on any atom is 0.408 e. The smallest absolute Gasteiger partial charge is 0.408 e. The Labute approximate surface area is 312 Å². The second-order valence-electron chi connectivity index (χ2n) is 21.3. The van der Waals surface area contributed by atoms with E-state index in [1.807, 2.05) is 13.8 Å². The van der Waals surface area contributed by atoms with Crippen molar-refractivity contribution >= 4 is 18.0 Å². The van der Waals surface area contributed by atoms with Crippen LogP contribution >= 0.6 is 0 Å². The largest absolute Gasteiger partial charge is 0.462 e. The number of esters is 2. The number of carbonyl (C=O) groups is 3. The van der Waals surface area contributed by atoms with E-state index in [2.05, 4.69) is 39.9 Å². The molecule has 6 aliphatic rings. The van der Waals surface area contributed by atoms with Crippen molar-refractivity contribution in [2.45, 2.75) is 195 Å². The van der Waals surface area contributed by atoms with Crippen LogP contribution in [0.15, 0.2) is 0 Å². The van der Waals surface area contributed by atoms with Crippen LogP contribution in [0.5, 0.6) is 0 Å². The minimum atomic E-state index is -1.02. The quantitative estimate of drug-likeness (QED) is 0.185. The molecular weight excluding hydrogens is 662 g/mol. The van der Waals surface area contributed by atoms with E-state index in [1.54, 1.807) is 34.6 Å². The number of rotatable bonds is 7. The maximum atomic E-state index is 14.3. The van der Waals surface area contributed by atoms with Gasteiger partial charge in [-0.25, -0.2) is 9.59 Å². The lowest BCUT2D eigenvalue weighted by Crippen LogP contribution is -2.62. The number of aliphatic hydroxyl groups excluding tert-OH is 1. The Bertz CT molecular complexity index is 1450. The van der Waals surface area contributed by atoms with Crippen LogP contribution in [0.2, 0.25) is 0 Å². The van der Waals surface area contributed by atoms with Crippen LogP contribution in [0.3, 0.4) is 0 Å². The normalized spacial score (nSPS) is 45.5. The van der Waals surface area contributed by atoms with E-state index in [0.717, 1.165) is 38.5 Å². The van der Waals surface area contributed by atoms with Crippen molar-refractivity contribution in [1.82, 2.24) is 5.32 Å². The van der Waals surface area contributed by atoms with Gasteiger partial charge in [-0.2, -0.15) is 0 Å². The summed E-state index contributed by atoms with van der Waals surface area (Å²) in [6.07, 6.45) is 5.20. The molecule has 3 N–H and O–H groups in total. The van der Waals surface area contributed by atoms with Crippen LogP contribution < -0.4 is 5.32 Å². The molecule has 6 rings (SSSR count). The van der Waals surface area contributed by atoms with E-state index >= 15 is 0 Å². The van der Waals surface area contributed by atoms with E-state index in [-0.39, 0.29) is 68.9 Å². The summed E-state index contributed by atoms with van der Waals surface area (Å²) in [6.45, 7) is 25.5. The summed E-state index contributed by atoms with van der Waals surface area (Å²) in [4.78, 5) is 39.3. The Hall–Kier alpha value is -1.91. The Balaban J connectivity index is 1.36. The molecular formula is C42H69NO9. The first-order valence-electron chi connectivity index (χ1n) is 20.1. The minimum absolute atomic E-state index is 0.0239. The van der Waals surface area contributed by atoms with Crippen LogP contribution in [0.4, 0.5) is 4.79 Å². The van der Waals surface area contributed by atoms with E-state index < -0.39 is 47.1 Å². The van der Waals surface area contributed by atoms with Crippen molar-refractivity contribution in [2.75, 3.05) is 0 Å². The highest BCUT2D eigenvalue weighted by atomic mass is 16.6. The predicted molar refractivity (Wildman–Crippen MR) is 196 cm³/mol. The third-order valence-electron chi connectivity index (χ3n) is 15.9. The number of carbonyl (C=O) groups excluding carboxylic acids is 3. The Morgan fingerprint density at radius 1 is 0.865 bits per heavy atom. The van der Waals surface area contributed by atoms with Crippen molar-refractivity contribution in [2.24, 2.45) is 50.7 Å². The minimum Gasteiger partial charge on any atom is -0.462 e. The lowest BCUT2D eigenvalue weighted by atomic mass is 9.41. The average Bonchev–Trinajstić information content (AvgIpc) is 3.31. The lowest BCUT2D eigenvalue weighted by Gasteiger charge is -2.64. The van der Waals surface area contributed by atoms with Gasteiger partial charge >= 0.3 is 18.0 Å². The number of nitrogens with one attached hydrogen (secondary N) is 1. The average molecular weight is 732 g/mol. The van der Waals surface area contributed by atoms with Crippen LogP contribution in [-0.4, -0.2) is 75.5 Å². The summed E-state index contributed by atoms with van der Waals surface area (Å²) in [5.74, 6) is -0.924. The maximum absolute atomic E-state index is 14.3. The van der Waals surface area contributed by atoms with Crippen LogP contribution in [0.1, 0.15) is 148 Å². The zero-order chi connectivity index (χ0) is 38.8. The first kappa shape index (κ1) is 39.8. The highest BCUT2D eigenvalue weighted by molar-refractivity contribution is 5.82. The molecule has 0 aromatic rings. The highest BCUT2D eigenvalue weighted by Crippen LogP contribution is 2.89. The molecule has 0 aromatic carbocycles. The number of aliphatic hydroxyl groups is 2. The summed E-state index contributed by atoms with van der Waals surface area (Å²) in [5.41, 5.74) is -3.33. The first-order valence-corrected chi connectivity index (χ1v) is 20.1. The van der Waals surface area contributed by atoms with E-state index in [4.69, 9.17) is 18.9 Å². The second kappa shape index (κ2) is 12.3. The Kier molecular flexibility index (Phi) is 9.40. The van der Waals surface area contributed by atoms with Crippen molar-refractivity contribution in [3.05, 3.63) is 0 Å². The van der Waals surface area contributed by atoms with Gasteiger partial charge in [0, 0.05) is 18.3 Å². The SMILES string of the molecule is CC(=O)O[C@H]1CCC23CC24CC[C@]2(C)[C@@H]([C@@]5(C)CC[C@@H](C(C)(C)O)O5)[C@@H](OC(=O)C(NC(=O)OC(C)(C)C)C(C)C)C[C@@]2(C)C4C[C@H](O)[C@H]3C1(C)C. The van der Waals surface area contributed by atoms with E-state index in [1.165, 1.54) is 6.92 Å². The molecule has 1 amide bonds. The summed E-state index contributed by atoms with van der Waals surface area (Å²) >= 11 is 0. The summed E-state index contributed by atoms with van der Waals surface area (Å²) in [7, 11) is 0. The number of fused-ring (bicyclic) bond motifs is 2. The first-order chi connectivity index (χ1) is 23.7. The predicted octanol–water partition coefficient (Wildman–Crippen LogP) is 7.11. The van der Waals surface area contributed by atoms with E-state index in [9.17, 15) is 24.6 Å².